The van der Waals surface area contributed by atoms with Crippen LogP contribution in [0.3, 0.4) is 0 Å². The van der Waals surface area contributed by atoms with Gasteiger partial charge in [0, 0.05) is 18.6 Å². The molecule has 0 bridgehead atoms. The highest BCUT2D eigenvalue weighted by Gasteiger charge is 2.07. The summed E-state index contributed by atoms with van der Waals surface area (Å²) >= 11 is 7.08. The van der Waals surface area contributed by atoms with Gasteiger partial charge in [-0.15, -0.1) is 0 Å². The fraction of sp³-hybridized carbons (Fsp3) is 0.0909. The average molecular weight is 281 g/mol. The minimum atomic E-state index is -0.178. The number of hydrogen-bond acceptors (Lipinski definition) is 5. The van der Waals surface area contributed by atoms with E-state index in [9.17, 15) is 4.79 Å². The molecule has 0 aliphatic rings. The van der Waals surface area contributed by atoms with Gasteiger partial charge in [0.05, 0.1) is 11.4 Å². The Hall–Kier alpha value is -1.66. The molecule has 0 atom stereocenters. The summed E-state index contributed by atoms with van der Waals surface area (Å²) in [6.45, 7) is 0. The molecule has 0 aliphatic carbocycles. The quantitative estimate of drug-likeness (QED) is 0.528. The van der Waals surface area contributed by atoms with Crippen LogP contribution in [-0.2, 0) is 4.79 Å². The van der Waals surface area contributed by atoms with Crippen molar-refractivity contribution in [1.29, 1.82) is 0 Å². The van der Waals surface area contributed by atoms with E-state index in [1.165, 1.54) is 11.8 Å². The molecule has 1 amide bonds. The molecule has 7 heteroatoms. The van der Waals surface area contributed by atoms with Crippen molar-refractivity contribution in [2.24, 2.45) is 0 Å². The largest absolute Gasteiger partial charge is 0.323 e. The fourth-order valence-electron chi connectivity index (χ4n) is 1.16. The third-order valence-corrected chi connectivity index (χ3v) is 3.08. The minimum absolute atomic E-state index is 0.178. The number of halogens is 1. The Morgan fingerprint density at radius 1 is 1.22 bits per heavy atom. The molecule has 5 nitrogen and oxygen atoms in total. The molecule has 0 fully saturated rings. The van der Waals surface area contributed by atoms with Gasteiger partial charge in [-0.1, -0.05) is 23.4 Å². The van der Waals surface area contributed by atoms with Crippen molar-refractivity contribution in [1.82, 2.24) is 15.0 Å². The van der Waals surface area contributed by atoms with Crippen LogP contribution < -0.4 is 5.32 Å². The van der Waals surface area contributed by atoms with Gasteiger partial charge >= 0.3 is 0 Å². The number of anilines is 1. The van der Waals surface area contributed by atoms with E-state index >= 15 is 0 Å². The molecule has 1 N–H and O–H groups in total. The van der Waals surface area contributed by atoms with Gasteiger partial charge in [-0.3, -0.25) is 4.79 Å². The van der Waals surface area contributed by atoms with Gasteiger partial charge in [0.1, 0.15) is 0 Å². The summed E-state index contributed by atoms with van der Waals surface area (Å²) in [5, 5.41) is 3.50. The molecule has 0 aromatic carbocycles. The normalized spacial score (nSPS) is 10.1. The van der Waals surface area contributed by atoms with Crippen molar-refractivity contribution in [3.63, 3.8) is 0 Å². The van der Waals surface area contributed by atoms with E-state index in [2.05, 4.69) is 20.3 Å². The number of carbonyl (C=O) groups excluding carboxylic acids is 1. The first kappa shape index (κ1) is 12.8. The topological polar surface area (TPSA) is 67.8 Å². The molecular formula is C11H9ClN4OS. The van der Waals surface area contributed by atoms with Gasteiger partial charge < -0.3 is 5.32 Å². The van der Waals surface area contributed by atoms with Crippen LogP contribution in [-0.4, -0.2) is 26.6 Å². The Balaban J connectivity index is 1.88. The SMILES string of the molecule is O=C(CSc1ncccn1)Nc1cccnc1Cl. The van der Waals surface area contributed by atoms with Gasteiger partial charge in [-0.2, -0.15) is 0 Å². The third kappa shape index (κ3) is 3.68. The Labute approximate surface area is 113 Å². The number of nitrogens with zero attached hydrogens (tertiary/aromatic N) is 3. The van der Waals surface area contributed by atoms with E-state index in [0.29, 0.717) is 10.8 Å². The van der Waals surface area contributed by atoms with E-state index in [1.54, 1.807) is 36.8 Å². The van der Waals surface area contributed by atoms with E-state index in [1.807, 2.05) is 0 Å². The average Bonchev–Trinajstić information content (AvgIpc) is 2.40. The van der Waals surface area contributed by atoms with Crippen LogP contribution in [0.5, 0.6) is 0 Å². The highest BCUT2D eigenvalue weighted by atomic mass is 35.5. The molecule has 0 aliphatic heterocycles. The molecule has 92 valence electrons. The molecule has 0 radical (unpaired) electrons. The molecule has 18 heavy (non-hydrogen) atoms. The minimum Gasteiger partial charge on any atom is -0.323 e. The number of pyridine rings is 1. The van der Waals surface area contributed by atoms with Crippen LogP contribution in [0.2, 0.25) is 5.15 Å². The van der Waals surface area contributed by atoms with Crippen LogP contribution in [0, 0.1) is 0 Å². The number of carbonyl (C=O) groups is 1. The zero-order valence-corrected chi connectivity index (χ0v) is 10.8. The number of thioether (sulfide) groups is 1. The summed E-state index contributed by atoms with van der Waals surface area (Å²) < 4.78 is 0. The number of hydrogen-bond donors (Lipinski definition) is 1. The van der Waals surface area contributed by atoms with Gasteiger partial charge in [-0.25, -0.2) is 15.0 Å². The highest BCUT2D eigenvalue weighted by molar-refractivity contribution is 7.99. The summed E-state index contributed by atoms with van der Waals surface area (Å²) in [5.74, 6) is 0.0391. The Kier molecular flexibility index (Phi) is 4.49. The van der Waals surface area contributed by atoms with Gasteiger partial charge in [0.2, 0.25) is 5.91 Å². The summed E-state index contributed by atoms with van der Waals surface area (Å²) in [6, 6.07) is 5.12. The van der Waals surface area contributed by atoms with Crippen LogP contribution >= 0.6 is 23.4 Å². The van der Waals surface area contributed by atoms with Crippen molar-refractivity contribution < 1.29 is 4.79 Å². The van der Waals surface area contributed by atoms with Crippen molar-refractivity contribution >= 4 is 35.0 Å². The van der Waals surface area contributed by atoms with E-state index < -0.39 is 0 Å². The first-order valence-electron chi connectivity index (χ1n) is 5.06. The molecule has 0 saturated carbocycles. The maximum Gasteiger partial charge on any atom is 0.234 e. The predicted molar refractivity (Wildman–Crippen MR) is 70.6 cm³/mol. The monoisotopic (exact) mass is 280 g/mol. The number of nitrogens with one attached hydrogen (secondary N) is 1. The second-order valence-electron chi connectivity index (χ2n) is 3.21. The van der Waals surface area contributed by atoms with Crippen molar-refractivity contribution in [2.75, 3.05) is 11.1 Å². The van der Waals surface area contributed by atoms with Crippen LogP contribution in [0.1, 0.15) is 0 Å². The summed E-state index contributed by atoms with van der Waals surface area (Å²) in [7, 11) is 0. The van der Waals surface area contributed by atoms with Gasteiger partial charge in [-0.05, 0) is 18.2 Å². The predicted octanol–water partition coefficient (Wildman–Crippen LogP) is 2.26. The Morgan fingerprint density at radius 2 is 1.94 bits per heavy atom. The van der Waals surface area contributed by atoms with Crippen LogP contribution in [0.4, 0.5) is 5.69 Å². The Bertz CT molecular complexity index is 538. The molecule has 2 aromatic rings. The van der Waals surface area contributed by atoms with Gasteiger partial charge in [0.15, 0.2) is 10.3 Å². The van der Waals surface area contributed by atoms with Crippen LogP contribution in [0.15, 0.2) is 41.9 Å². The first-order valence-corrected chi connectivity index (χ1v) is 6.42. The zero-order valence-electron chi connectivity index (χ0n) is 9.21. The van der Waals surface area contributed by atoms with Crippen molar-refractivity contribution in [2.45, 2.75) is 5.16 Å². The molecule has 2 heterocycles. The van der Waals surface area contributed by atoms with Crippen molar-refractivity contribution in [3.8, 4) is 0 Å². The lowest BCUT2D eigenvalue weighted by atomic mass is 10.4. The van der Waals surface area contributed by atoms with Crippen LogP contribution in [0.25, 0.3) is 0 Å². The number of rotatable bonds is 4. The van der Waals surface area contributed by atoms with E-state index in [0.717, 1.165) is 0 Å². The Morgan fingerprint density at radius 3 is 2.67 bits per heavy atom. The lowest BCUT2D eigenvalue weighted by Gasteiger charge is -2.05. The smallest absolute Gasteiger partial charge is 0.234 e. The summed E-state index contributed by atoms with van der Waals surface area (Å²) in [6.07, 6.45) is 4.82. The van der Waals surface area contributed by atoms with Gasteiger partial charge in [0.25, 0.3) is 0 Å². The van der Waals surface area contributed by atoms with E-state index in [-0.39, 0.29) is 16.8 Å². The maximum absolute atomic E-state index is 11.7. The standard InChI is InChI=1S/C11H9ClN4OS/c12-10-8(3-1-4-13-10)16-9(17)7-18-11-14-5-2-6-15-11/h1-6H,7H2,(H,16,17). The lowest BCUT2D eigenvalue weighted by molar-refractivity contribution is -0.113. The third-order valence-electron chi connectivity index (χ3n) is 1.91. The second-order valence-corrected chi connectivity index (χ2v) is 4.51. The maximum atomic E-state index is 11.7. The second kappa shape index (κ2) is 6.32. The molecule has 2 rings (SSSR count). The molecular weight excluding hydrogens is 272 g/mol. The summed E-state index contributed by atoms with van der Waals surface area (Å²) in [4.78, 5) is 23.6. The zero-order chi connectivity index (χ0) is 12.8. The first-order chi connectivity index (χ1) is 8.75. The summed E-state index contributed by atoms with van der Waals surface area (Å²) in [5.41, 5.74) is 0.499. The fourth-order valence-corrected chi connectivity index (χ4v) is 1.93. The molecule has 2 aromatic heterocycles. The molecule has 0 spiro atoms. The van der Waals surface area contributed by atoms with E-state index in [4.69, 9.17) is 11.6 Å². The molecule has 0 unspecified atom stereocenters. The lowest BCUT2D eigenvalue weighted by Crippen LogP contribution is -2.14. The van der Waals surface area contributed by atoms with Crippen molar-refractivity contribution in [3.05, 3.63) is 41.9 Å². The molecule has 0 saturated heterocycles. The number of aromatic nitrogens is 3. The highest BCUT2D eigenvalue weighted by Crippen LogP contribution is 2.18. The number of amides is 1.